The number of nitrogens with one attached hydrogen (secondary N) is 1. The van der Waals surface area contributed by atoms with Gasteiger partial charge in [-0.3, -0.25) is 4.79 Å². The van der Waals surface area contributed by atoms with E-state index in [4.69, 9.17) is 16.3 Å². The highest BCUT2D eigenvalue weighted by Gasteiger charge is 2.30. The number of hydrogen-bond acceptors (Lipinski definition) is 4. The summed E-state index contributed by atoms with van der Waals surface area (Å²) in [5.74, 6) is 0.327. The van der Waals surface area contributed by atoms with Gasteiger partial charge in [-0.1, -0.05) is 30.5 Å². The SMILES string of the molecule is O=C(Nc1cccc(S(=O)(=O)N2CCCCCC2)c1)[C@H]1Cc2cc(Cl)ccc2O1. The number of carbonyl (C=O) groups is 1. The molecule has 2 aromatic rings. The zero-order valence-electron chi connectivity index (χ0n) is 15.9. The maximum atomic E-state index is 13.0. The van der Waals surface area contributed by atoms with E-state index in [9.17, 15) is 13.2 Å². The third-order valence-corrected chi connectivity index (χ3v) is 7.42. The molecule has 1 atom stereocenters. The molecular weight excluding hydrogens is 412 g/mol. The van der Waals surface area contributed by atoms with Crippen LogP contribution >= 0.6 is 11.6 Å². The van der Waals surface area contributed by atoms with Gasteiger partial charge in [0.2, 0.25) is 10.0 Å². The number of fused-ring (bicyclic) bond motifs is 1. The van der Waals surface area contributed by atoms with Gasteiger partial charge in [0, 0.05) is 30.2 Å². The molecule has 0 spiro atoms. The first-order valence-electron chi connectivity index (χ1n) is 9.80. The van der Waals surface area contributed by atoms with Crippen molar-refractivity contribution in [2.75, 3.05) is 18.4 Å². The van der Waals surface area contributed by atoms with Crippen LogP contribution in [0.4, 0.5) is 5.69 Å². The summed E-state index contributed by atoms with van der Waals surface area (Å²) in [4.78, 5) is 12.8. The number of nitrogens with zero attached hydrogens (tertiary/aromatic N) is 1. The normalized spacial score (nSPS) is 19.8. The molecule has 1 saturated heterocycles. The molecule has 0 aliphatic carbocycles. The van der Waals surface area contributed by atoms with Gasteiger partial charge in [0.25, 0.3) is 5.91 Å². The summed E-state index contributed by atoms with van der Waals surface area (Å²) in [6, 6.07) is 11.7. The predicted octanol–water partition coefficient (Wildman–Crippen LogP) is 3.85. The zero-order chi connectivity index (χ0) is 20.4. The van der Waals surface area contributed by atoms with Crippen LogP contribution in [0, 0.1) is 0 Å². The Hall–Kier alpha value is -2.09. The van der Waals surface area contributed by atoms with Crippen molar-refractivity contribution in [3.63, 3.8) is 0 Å². The first-order valence-corrected chi connectivity index (χ1v) is 11.6. The van der Waals surface area contributed by atoms with Crippen LogP contribution in [0.1, 0.15) is 31.2 Å². The molecule has 0 unspecified atom stereocenters. The minimum Gasteiger partial charge on any atom is -0.480 e. The van der Waals surface area contributed by atoms with Crippen molar-refractivity contribution in [2.45, 2.75) is 43.1 Å². The van der Waals surface area contributed by atoms with Gasteiger partial charge in [0.15, 0.2) is 6.10 Å². The Morgan fingerprint density at radius 2 is 1.83 bits per heavy atom. The van der Waals surface area contributed by atoms with Gasteiger partial charge in [0.05, 0.1) is 4.90 Å². The zero-order valence-corrected chi connectivity index (χ0v) is 17.5. The van der Waals surface area contributed by atoms with Gasteiger partial charge >= 0.3 is 0 Å². The summed E-state index contributed by atoms with van der Waals surface area (Å²) in [5, 5.41) is 3.38. The number of rotatable bonds is 4. The summed E-state index contributed by atoms with van der Waals surface area (Å²) in [7, 11) is -3.58. The average Bonchev–Trinajstić information content (AvgIpc) is 2.92. The van der Waals surface area contributed by atoms with E-state index in [0.717, 1.165) is 31.2 Å². The van der Waals surface area contributed by atoms with Crippen LogP contribution in [0.15, 0.2) is 47.4 Å². The van der Waals surface area contributed by atoms with Crippen molar-refractivity contribution >= 4 is 33.2 Å². The van der Waals surface area contributed by atoms with E-state index in [1.54, 1.807) is 40.7 Å². The molecule has 154 valence electrons. The maximum absolute atomic E-state index is 13.0. The fourth-order valence-electron chi connectivity index (χ4n) is 3.75. The monoisotopic (exact) mass is 434 g/mol. The number of carbonyl (C=O) groups excluding carboxylic acids is 1. The highest BCUT2D eigenvalue weighted by molar-refractivity contribution is 7.89. The molecule has 2 aliphatic heterocycles. The lowest BCUT2D eigenvalue weighted by atomic mass is 10.1. The van der Waals surface area contributed by atoms with Gasteiger partial charge in [-0.15, -0.1) is 0 Å². The van der Waals surface area contributed by atoms with Crippen LogP contribution in [-0.2, 0) is 21.2 Å². The van der Waals surface area contributed by atoms with Crippen molar-refractivity contribution in [3.05, 3.63) is 53.1 Å². The number of hydrogen-bond donors (Lipinski definition) is 1. The van der Waals surface area contributed by atoms with E-state index >= 15 is 0 Å². The molecule has 0 bridgehead atoms. The average molecular weight is 435 g/mol. The van der Waals surface area contributed by atoms with Crippen molar-refractivity contribution < 1.29 is 17.9 Å². The van der Waals surface area contributed by atoms with Crippen LogP contribution in [0.3, 0.4) is 0 Å². The molecule has 4 rings (SSSR count). The lowest BCUT2D eigenvalue weighted by Crippen LogP contribution is -2.32. The number of sulfonamides is 1. The van der Waals surface area contributed by atoms with Gasteiger partial charge in [-0.2, -0.15) is 4.31 Å². The van der Waals surface area contributed by atoms with E-state index in [1.165, 1.54) is 6.07 Å². The fraction of sp³-hybridized carbons (Fsp3) is 0.381. The molecule has 8 heteroatoms. The second kappa shape index (κ2) is 8.34. The van der Waals surface area contributed by atoms with Crippen LogP contribution in [-0.4, -0.2) is 37.8 Å². The van der Waals surface area contributed by atoms with E-state index in [2.05, 4.69) is 5.32 Å². The quantitative estimate of drug-likeness (QED) is 0.793. The molecule has 1 amide bonds. The Labute approximate surface area is 175 Å². The number of amides is 1. The van der Waals surface area contributed by atoms with Crippen LogP contribution in [0.25, 0.3) is 0 Å². The molecule has 0 aromatic heterocycles. The van der Waals surface area contributed by atoms with E-state index in [1.807, 2.05) is 0 Å². The lowest BCUT2D eigenvalue weighted by molar-refractivity contribution is -0.122. The minimum absolute atomic E-state index is 0.194. The van der Waals surface area contributed by atoms with Crippen molar-refractivity contribution in [2.24, 2.45) is 0 Å². The van der Waals surface area contributed by atoms with Gasteiger partial charge in [-0.25, -0.2) is 8.42 Å². The molecule has 1 fully saturated rings. The largest absolute Gasteiger partial charge is 0.480 e. The minimum atomic E-state index is -3.58. The first kappa shape index (κ1) is 20.2. The second-order valence-electron chi connectivity index (χ2n) is 7.40. The molecule has 2 aromatic carbocycles. The number of benzene rings is 2. The van der Waals surface area contributed by atoms with Crippen LogP contribution in [0.2, 0.25) is 5.02 Å². The molecule has 2 heterocycles. The summed E-state index contributed by atoms with van der Waals surface area (Å²) >= 11 is 6.00. The third-order valence-electron chi connectivity index (χ3n) is 5.29. The number of anilines is 1. The van der Waals surface area contributed by atoms with E-state index in [-0.39, 0.29) is 10.8 Å². The number of halogens is 1. The molecule has 0 radical (unpaired) electrons. The summed E-state index contributed by atoms with van der Waals surface area (Å²) in [6.07, 6.45) is 3.61. The predicted molar refractivity (Wildman–Crippen MR) is 112 cm³/mol. The smallest absolute Gasteiger partial charge is 0.265 e. The summed E-state index contributed by atoms with van der Waals surface area (Å²) in [5.41, 5.74) is 1.32. The second-order valence-corrected chi connectivity index (χ2v) is 9.77. The van der Waals surface area contributed by atoms with Crippen LogP contribution in [0.5, 0.6) is 5.75 Å². The van der Waals surface area contributed by atoms with E-state index < -0.39 is 16.1 Å². The highest BCUT2D eigenvalue weighted by atomic mass is 35.5. The summed E-state index contributed by atoms with van der Waals surface area (Å²) in [6.45, 7) is 1.07. The fourth-order valence-corrected chi connectivity index (χ4v) is 5.51. The van der Waals surface area contributed by atoms with Crippen molar-refractivity contribution in [3.8, 4) is 5.75 Å². The van der Waals surface area contributed by atoms with Gasteiger partial charge in [-0.05, 0) is 54.8 Å². The Morgan fingerprint density at radius 3 is 2.59 bits per heavy atom. The Morgan fingerprint density at radius 1 is 1.07 bits per heavy atom. The standard InChI is InChI=1S/C21H23ClN2O4S/c22-16-8-9-19-15(12-16)13-20(28-19)21(25)23-17-6-5-7-18(14-17)29(26,27)24-10-3-1-2-4-11-24/h5-9,12,14,20H,1-4,10-11,13H2,(H,23,25)/t20-/m1/s1. The van der Waals surface area contributed by atoms with Crippen LogP contribution < -0.4 is 10.1 Å². The molecule has 1 N–H and O–H groups in total. The molecule has 2 aliphatic rings. The van der Waals surface area contributed by atoms with Crippen molar-refractivity contribution in [1.82, 2.24) is 4.31 Å². The Bertz CT molecular complexity index is 1020. The number of ether oxygens (including phenoxy) is 1. The third kappa shape index (κ3) is 4.42. The molecule has 6 nitrogen and oxygen atoms in total. The lowest BCUT2D eigenvalue weighted by Gasteiger charge is -2.20. The van der Waals surface area contributed by atoms with Gasteiger partial charge < -0.3 is 10.1 Å². The maximum Gasteiger partial charge on any atom is 0.265 e. The summed E-state index contributed by atoms with van der Waals surface area (Å²) < 4.78 is 33.2. The molecule has 29 heavy (non-hydrogen) atoms. The Balaban J connectivity index is 1.47. The topological polar surface area (TPSA) is 75.7 Å². The van der Waals surface area contributed by atoms with Gasteiger partial charge in [0.1, 0.15) is 5.75 Å². The van der Waals surface area contributed by atoms with E-state index in [0.29, 0.717) is 36.0 Å². The highest BCUT2D eigenvalue weighted by Crippen LogP contribution is 2.31. The Kier molecular flexibility index (Phi) is 5.81. The molecular formula is C21H23ClN2O4S. The first-order chi connectivity index (χ1) is 13.9. The molecule has 0 saturated carbocycles. The van der Waals surface area contributed by atoms with Crippen molar-refractivity contribution in [1.29, 1.82) is 0 Å².